The Morgan fingerprint density at radius 3 is 2.21 bits per heavy atom. The third-order valence-corrected chi connectivity index (χ3v) is 2.81. The van der Waals surface area contributed by atoms with E-state index in [1.165, 1.54) is 0 Å². The van der Waals surface area contributed by atoms with E-state index in [1.54, 1.807) is 6.92 Å². The molecular weight excluding hydrogens is 238 g/mol. The number of para-hydroxylation sites is 1. The van der Waals surface area contributed by atoms with E-state index in [-0.39, 0.29) is 5.78 Å². The third-order valence-electron chi connectivity index (χ3n) is 2.81. The molecule has 2 aromatic rings. The minimum absolute atomic E-state index is 0.00674. The van der Waals surface area contributed by atoms with Crippen molar-refractivity contribution in [2.75, 3.05) is 5.48 Å². The SMILES string of the molecule is CC(=O)[C@@H](Cc1ccccc1)ONc1ccccc1. The van der Waals surface area contributed by atoms with Crippen molar-refractivity contribution in [3.8, 4) is 0 Å². The number of rotatable bonds is 6. The van der Waals surface area contributed by atoms with Gasteiger partial charge in [0.05, 0.1) is 5.69 Å². The first-order chi connectivity index (χ1) is 9.25. The first-order valence-corrected chi connectivity index (χ1v) is 6.27. The lowest BCUT2D eigenvalue weighted by molar-refractivity contribution is -0.126. The van der Waals surface area contributed by atoms with Crippen molar-refractivity contribution in [1.29, 1.82) is 0 Å². The molecule has 2 aromatic carbocycles. The van der Waals surface area contributed by atoms with Gasteiger partial charge in [-0.05, 0) is 24.6 Å². The van der Waals surface area contributed by atoms with Gasteiger partial charge >= 0.3 is 0 Å². The first-order valence-electron chi connectivity index (χ1n) is 6.27. The highest BCUT2D eigenvalue weighted by atomic mass is 16.7. The fourth-order valence-electron chi connectivity index (χ4n) is 1.74. The van der Waals surface area contributed by atoms with Crippen molar-refractivity contribution in [3.63, 3.8) is 0 Å². The van der Waals surface area contributed by atoms with E-state index in [0.29, 0.717) is 6.42 Å². The number of nitrogens with one attached hydrogen (secondary N) is 1. The smallest absolute Gasteiger partial charge is 0.161 e. The predicted molar refractivity (Wildman–Crippen MR) is 75.8 cm³/mol. The van der Waals surface area contributed by atoms with Crippen molar-refractivity contribution in [2.24, 2.45) is 0 Å². The van der Waals surface area contributed by atoms with Gasteiger partial charge in [-0.15, -0.1) is 0 Å². The third kappa shape index (κ3) is 4.23. The van der Waals surface area contributed by atoms with Gasteiger partial charge in [0.1, 0.15) is 6.10 Å². The molecule has 0 aliphatic rings. The van der Waals surface area contributed by atoms with Crippen molar-refractivity contribution in [1.82, 2.24) is 0 Å². The zero-order valence-corrected chi connectivity index (χ0v) is 10.9. The number of carbonyl (C=O) groups is 1. The number of Topliss-reactive ketones (excluding diaryl/α,β-unsaturated/α-hetero) is 1. The number of anilines is 1. The molecule has 0 spiro atoms. The Balaban J connectivity index is 1.95. The zero-order valence-electron chi connectivity index (χ0n) is 10.9. The van der Waals surface area contributed by atoms with Crippen LogP contribution in [0.1, 0.15) is 12.5 Å². The maximum Gasteiger partial charge on any atom is 0.161 e. The first kappa shape index (κ1) is 13.3. The van der Waals surface area contributed by atoms with Gasteiger partial charge < -0.3 is 0 Å². The molecule has 1 N–H and O–H groups in total. The highest BCUT2D eigenvalue weighted by Gasteiger charge is 2.16. The quantitative estimate of drug-likeness (QED) is 0.805. The van der Waals surface area contributed by atoms with Gasteiger partial charge in [-0.25, -0.2) is 0 Å². The molecule has 1 atom stereocenters. The maximum absolute atomic E-state index is 11.6. The van der Waals surface area contributed by atoms with Crippen LogP contribution < -0.4 is 5.48 Å². The zero-order chi connectivity index (χ0) is 13.5. The van der Waals surface area contributed by atoms with Crippen LogP contribution >= 0.6 is 0 Å². The van der Waals surface area contributed by atoms with Gasteiger partial charge in [0, 0.05) is 6.42 Å². The molecule has 0 saturated carbocycles. The molecule has 0 saturated heterocycles. The number of benzene rings is 2. The molecule has 0 aromatic heterocycles. The predicted octanol–water partition coefficient (Wildman–Crippen LogP) is 3.23. The van der Waals surface area contributed by atoms with Crippen LogP contribution in [0, 0.1) is 0 Å². The average Bonchev–Trinajstić information content (AvgIpc) is 2.45. The van der Waals surface area contributed by atoms with Crippen LogP contribution in [-0.2, 0) is 16.1 Å². The molecular formula is C16H17NO2. The highest BCUT2D eigenvalue weighted by molar-refractivity contribution is 5.80. The minimum atomic E-state index is -0.484. The lowest BCUT2D eigenvalue weighted by atomic mass is 10.1. The molecule has 2 rings (SSSR count). The molecule has 0 aliphatic carbocycles. The van der Waals surface area contributed by atoms with Gasteiger partial charge in [-0.1, -0.05) is 48.5 Å². The van der Waals surface area contributed by atoms with E-state index in [2.05, 4.69) is 5.48 Å². The van der Waals surface area contributed by atoms with E-state index in [9.17, 15) is 4.79 Å². The standard InChI is InChI=1S/C16H17NO2/c1-13(18)16(12-14-8-4-2-5-9-14)19-17-15-10-6-3-7-11-15/h2-11,16-17H,12H2,1H3/t16-/m1/s1. The van der Waals surface area contributed by atoms with E-state index < -0.39 is 6.10 Å². The summed E-state index contributed by atoms with van der Waals surface area (Å²) in [7, 11) is 0. The summed E-state index contributed by atoms with van der Waals surface area (Å²) in [4.78, 5) is 17.1. The molecule has 0 radical (unpaired) electrons. The van der Waals surface area contributed by atoms with E-state index in [1.807, 2.05) is 60.7 Å². The molecule has 0 heterocycles. The maximum atomic E-state index is 11.6. The number of hydrogen-bond donors (Lipinski definition) is 1. The Kier molecular flexibility index (Phi) is 4.70. The Morgan fingerprint density at radius 1 is 1.05 bits per heavy atom. The molecule has 98 valence electrons. The van der Waals surface area contributed by atoms with Crippen LogP contribution in [0.4, 0.5) is 5.69 Å². The molecule has 19 heavy (non-hydrogen) atoms. The van der Waals surface area contributed by atoms with Gasteiger partial charge in [-0.3, -0.25) is 15.1 Å². The molecule has 0 aliphatic heterocycles. The normalized spacial score (nSPS) is 11.8. The summed E-state index contributed by atoms with van der Waals surface area (Å²) in [5, 5.41) is 0. The van der Waals surface area contributed by atoms with Crippen LogP contribution in [0.15, 0.2) is 60.7 Å². The second-order valence-corrected chi connectivity index (χ2v) is 4.37. The average molecular weight is 255 g/mol. The summed E-state index contributed by atoms with van der Waals surface area (Å²) in [6.07, 6.45) is 0.0818. The summed E-state index contributed by atoms with van der Waals surface area (Å²) in [6.45, 7) is 1.54. The van der Waals surface area contributed by atoms with Crippen molar-refractivity contribution < 1.29 is 9.63 Å². The molecule has 3 heteroatoms. The van der Waals surface area contributed by atoms with Crippen molar-refractivity contribution in [3.05, 3.63) is 66.2 Å². The molecule has 0 fully saturated rings. The fraction of sp³-hybridized carbons (Fsp3) is 0.188. The van der Waals surface area contributed by atoms with Crippen LogP contribution in [-0.4, -0.2) is 11.9 Å². The van der Waals surface area contributed by atoms with Crippen LogP contribution in [0.5, 0.6) is 0 Å². The molecule has 3 nitrogen and oxygen atoms in total. The fourth-order valence-corrected chi connectivity index (χ4v) is 1.74. The molecule has 0 unspecified atom stereocenters. The number of carbonyl (C=O) groups excluding carboxylic acids is 1. The van der Waals surface area contributed by atoms with Gasteiger partial charge in [0.2, 0.25) is 0 Å². The van der Waals surface area contributed by atoms with Gasteiger partial charge in [0.25, 0.3) is 0 Å². The topological polar surface area (TPSA) is 38.3 Å². The van der Waals surface area contributed by atoms with Crippen LogP contribution in [0.25, 0.3) is 0 Å². The summed E-state index contributed by atoms with van der Waals surface area (Å²) in [5.74, 6) is 0.00674. The van der Waals surface area contributed by atoms with E-state index >= 15 is 0 Å². The van der Waals surface area contributed by atoms with Crippen LogP contribution in [0.2, 0.25) is 0 Å². The summed E-state index contributed by atoms with van der Waals surface area (Å²) in [6, 6.07) is 19.4. The molecule has 0 bridgehead atoms. The Morgan fingerprint density at radius 2 is 1.63 bits per heavy atom. The highest BCUT2D eigenvalue weighted by Crippen LogP contribution is 2.10. The monoisotopic (exact) mass is 255 g/mol. The second kappa shape index (κ2) is 6.71. The van der Waals surface area contributed by atoms with E-state index in [4.69, 9.17) is 4.84 Å². The largest absolute Gasteiger partial charge is 0.297 e. The summed E-state index contributed by atoms with van der Waals surface area (Å²) >= 11 is 0. The summed E-state index contributed by atoms with van der Waals surface area (Å²) < 4.78 is 0. The Labute approximate surface area is 113 Å². The molecule has 0 amide bonds. The Hall–Kier alpha value is -2.13. The lowest BCUT2D eigenvalue weighted by Crippen LogP contribution is -2.27. The minimum Gasteiger partial charge on any atom is -0.297 e. The summed E-state index contributed by atoms with van der Waals surface area (Å²) in [5.41, 5.74) is 4.74. The van der Waals surface area contributed by atoms with Gasteiger partial charge in [-0.2, -0.15) is 0 Å². The van der Waals surface area contributed by atoms with Crippen molar-refractivity contribution >= 4 is 11.5 Å². The second-order valence-electron chi connectivity index (χ2n) is 4.37. The number of hydrogen-bond acceptors (Lipinski definition) is 3. The number of ketones is 1. The Bertz CT molecular complexity index is 511. The van der Waals surface area contributed by atoms with Gasteiger partial charge in [0.15, 0.2) is 5.78 Å². The van der Waals surface area contributed by atoms with Crippen molar-refractivity contribution in [2.45, 2.75) is 19.4 Å². The van der Waals surface area contributed by atoms with Crippen LogP contribution in [0.3, 0.4) is 0 Å². The van der Waals surface area contributed by atoms with E-state index in [0.717, 1.165) is 11.3 Å². The lowest BCUT2D eigenvalue weighted by Gasteiger charge is -2.16.